The van der Waals surface area contributed by atoms with Gasteiger partial charge < -0.3 is 4.74 Å². The third-order valence-electron chi connectivity index (χ3n) is 5.37. The summed E-state index contributed by atoms with van der Waals surface area (Å²) in [6.45, 7) is 6.86. The summed E-state index contributed by atoms with van der Waals surface area (Å²) in [6, 6.07) is 0.586. The van der Waals surface area contributed by atoms with Crippen LogP contribution in [0.4, 0.5) is 0 Å². The molecule has 2 fully saturated rings. The molecule has 2 saturated heterocycles. The summed E-state index contributed by atoms with van der Waals surface area (Å²) in [6.07, 6.45) is 6.22. The summed E-state index contributed by atoms with van der Waals surface area (Å²) in [5, 5.41) is 0. The molecule has 0 bridgehead atoms. The number of rotatable bonds is 2. The van der Waals surface area contributed by atoms with Crippen LogP contribution >= 0.6 is 15.9 Å². The number of ether oxygens (including phenoxy) is 1. The Hall–Kier alpha value is -0.350. The molecule has 1 aliphatic carbocycles. The Morgan fingerprint density at radius 1 is 1.50 bits per heavy atom. The van der Waals surface area contributed by atoms with E-state index in [0.717, 1.165) is 6.54 Å². The van der Waals surface area contributed by atoms with Crippen LogP contribution in [0.5, 0.6) is 0 Å². The van der Waals surface area contributed by atoms with Crippen molar-refractivity contribution in [2.45, 2.75) is 39.2 Å². The first kappa shape index (κ1) is 14.6. The largest absolute Gasteiger partial charge is 0.466 e. The number of halogens is 1. The van der Waals surface area contributed by atoms with Gasteiger partial charge in [-0.15, -0.1) is 0 Å². The number of allylic oxidation sites excluding steroid dienone is 1. The summed E-state index contributed by atoms with van der Waals surface area (Å²) in [5.74, 6) is 1.24. The second-order valence-electron chi connectivity index (χ2n) is 6.42. The molecule has 0 aromatic rings. The summed E-state index contributed by atoms with van der Waals surface area (Å²) in [5.41, 5.74) is 0. The van der Waals surface area contributed by atoms with E-state index in [9.17, 15) is 4.79 Å². The molecule has 0 aromatic heterocycles. The molecule has 2 heterocycles. The van der Waals surface area contributed by atoms with Crippen LogP contribution in [0.25, 0.3) is 0 Å². The second kappa shape index (κ2) is 5.80. The van der Waals surface area contributed by atoms with E-state index in [1.807, 2.05) is 6.92 Å². The van der Waals surface area contributed by atoms with Gasteiger partial charge in [-0.3, -0.25) is 9.69 Å². The number of nitrogens with zero attached hydrogens (tertiary/aromatic N) is 1. The van der Waals surface area contributed by atoms with Crippen molar-refractivity contribution in [3.05, 3.63) is 10.6 Å². The fraction of sp³-hybridized carbons (Fsp3) is 0.812. The van der Waals surface area contributed by atoms with Gasteiger partial charge in [0.1, 0.15) is 0 Å². The molecule has 3 aliphatic rings. The van der Waals surface area contributed by atoms with E-state index in [1.54, 1.807) is 0 Å². The molecule has 0 N–H and O–H groups in total. The van der Waals surface area contributed by atoms with Crippen molar-refractivity contribution in [1.82, 2.24) is 4.90 Å². The first-order valence-corrected chi connectivity index (χ1v) is 8.70. The van der Waals surface area contributed by atoms with Crippen LogP contribution in [0, 0.1) is 23.7 Å². The molecule has 5 atom stereocenters. The van der Waals surface area contributed by atoms with E-state index in [1.165, 1.54) is 30.3 Å². The molecule has 4 heteroatoms. The maximum Gasteiger partial charge on any atom is 0.309 e. The van der Waals surface area contributed by atoms with E-state index in [2.05, 4.69) is 33.8 Å². The summed E-state index contributed by atoms with van der Waals surface area (Å²) in [4.78, 5) is 15.1. The third-order valence-corrected chi connectivity index (χ3v) is 6.36. The van der Waals surface area contributed by atoms with Crippen molar-refractivity contribution in [3.8, 4) is 0 Å². The molecule has 0 aromatic carbocycles. The molecule has 0 amide bonds. The first-order valence-electron chi connectivity index (χ1n) is 7.91. The van der Waals surface area contributed by atoms with Crippen LogP contribution < -0.4 is 0 Å². The average molecular weight is 342 g/mol. The zero-order valence-electron chi connectivity index (χ0n) is 12.3. The molecular formula is C16H24BrNO2. The number of esters is 1. The number of piperidine rings is 1. The van der Waals surface area contributed by atoms with Crippen molar-refractivity contribution in [1.29, 1.82) is 0 Å². The normalized spacial score (nSPS) is 40.8. The second-order valence-corrected chi connectivity index (χ2v) is 7.33. The van der Waals surface area contributed by atoms with Crippen molar-refractivity contribution >= 4 is 21.9 Å². The van der Waals surface area contributed by atoms with Crippen LogP contribution in [-0.2, 0) is 9.53 Å². The first-order chi connectivity index (χ1) is 9.63. The third kappa shape index (κ3) is 2.35. The van der Waals surface area contributed by atoms with Crippen LogP contribution in [0.1, 0.15) is 33.1 Å². The van der Waals surface area contributed by atoms with Crippen molar-refractivity contribution in [2.24, 2.45) is 23.7 Å². The van der Waals surface area contributed by atoms with Gasteiger partial charge in [0.2, 0.25) is 0 Å². The lowest BCUT2D eigenvalue weighted by Crippen LogP contribution is -2.44. The van der Waals surface area contributed by atoms with Crippen LogP contribution in [-0.4, -0.2) is 36.6 Å². The smallest absolute Gasteiger partial charge is 0.309 e. The van der Waals surface area contributed by atoms with Crippen molar-refractivity contribution in [2.75, 3.05) is 19.7 Å². The Morgan fingerprint density at radius 3 is 3.05 bits per heavy atom. The predicted octanol–water partition coefficient (Wildman–Crippen LogP) is 3.19. The molecule has 2 aliphatic heterocycles. The van der Waals surface area contributed by atoms with E-state index >= 15 is 0 Å². The molecule has 20 heavy (non-hydrogen) atoms. The summed E-state index contributed by atoms with van der Waals surface area (Å²) >= 11 is 3.68. The molecule has 112 valence electrons. The Balaban J connectivity index is 1.90. The number of hydrogen-bond acceptors (Lipinski definition) is 3. The maximum atomic E-state index is 12.5. The molecule has 0 spiro atoms. The van der Waals surface area contributed by atoms with Crippen LogP contribution in [0.15, 0.2) is 10.6 Å². The fourth-order valence-electron chi connectivity index (χ4n) is 4.49. The summed E-state index contributed by atoms with van der Waals surface area (Å²) < 4.78 is 6.57. The van der Waals surface area contributed by atoms with Gasteiger partial charge in [-0.1, -0.05) is 35.4 Å². The highest BCUT2D eigenvalue weighted by Crippen LogP contribution is 2.49. The SMILES string of the molecule is CCOC(=O)[C@H]1[C@@H]2[C@H]3CCCCN3C[C@@H]2C=C(Br)[C@@H]1C. The standard InChI is InChI=1S/C16H24BrNO2/c1-3-20-16(19)14-10(2)12(17)8-11-9-18-7-5-4-6-13(18)15(11)14/h8,10-11,13-15H,3-7,9H2,1-2H3/t10-,11-,13+,14+,15-/m0/s1. The monoisotopic (exact) mass is 341 g/mol. The van der Waals surface area contributed by atoms with Gasteiger partial charge in [0, 0.05) is 18.5 Å². The Labute approximate surface area is 129 Å². The van der Waals surface area contributed by atoms with E-state index in [-0.39, 0.29) is 17.8 Å². The predicted molar refractivity (Wildman–Crippen MR) is 82.5 cm³/mol. The Bertz CT molecular complexity index is 423. The molecule has 3 nitrogen and oxygen atoms in total. The molecule has 0 unspecified atom stereocenters. The molecule has 3 rings (SSSR count). The van der Waals surface area contributed by atoms with Crippen LogP contribution in [0.2, 0.25) is 0 Å². The van der Waals surface area contributed by atoms with Gasteiger partial charge in [0.05, 0.1) is 12.5 Å². The van der Waals surface area contributed by atoms with Crippen LogP contribution in [0.3, 0.4) is 0 Å². The average Bonchev–Trinajstić information content (AvgIpc) is 2.78. The van der Waals surface area contributed by atoms with E-state index < -0.39 is 0 Å². The number of fused-ring (bicyclic) bond motifs is 3. The van der Waals surface area contributed by atoms with Gasteiger partial charge in [-0.25, -0.2) is 0 Å². The van der Waals surface area contributed by atoms with Gasteiger partial charge in [0.25, 0.3) is 0 Å². The highest BCUT2D eigenvalue weighted by atomic mass is 79.9. The van der Waals surface area contributed by atoms with Gasteiger partial charge in [-0.2, -0.15) is 0 Å². The lowest BCUT2D eigenvalue weighted by molar-refractivity contribution is -0.152. The lowest BCUT2D eigenvalue weighted by atomic mass is 9.69. The minimum atomic E-state index is 0.00692. The number of carbonyl (C=O) groups is 1. The topological polar surface area (TPSA) is 29.5 Å². The summed E-state index contributed by atoms with van der Waals surface area (Å²) in [7, 11) is 0. The lowest BCUT2D eigenvalue weighted by Gasteiger charge is -2.39. The number of carbonyl (C=O) groups excluding carboxylic acids is 1. The van der Waals surface area contributed by atoms with Gasteiger partial charge >= 0.3 is 5.97 Å². The van der Waals surface area contributed by atoms with E-state index in [0.29, 0.717) is 24.5 Å². The van der Waals surface area contributed by atoms with Gasteiger partial charge in [-0.05, 0) is 42.6 Å². The zero-order valence-corrected chi connectivity index (χ0v) is 13.9. The molecule has 0 saturated carbocycles. The van der Waals surface area contributed by atoms with Gasteiger partial charge in [0.15, 0.2) is 0 Å². The fourth-order valence-corrected chi connectivity index (χ4v) is 5.11. The molecule has 0 radical (unpaired) electrons. The number of hydrogen-bond donors (Lipinski definition) is 0. The quantitative estimate of drug-likeness (QED) is 0.722. The maximum absolute atomic E-state index is 12.5. The van der Waals surface area contributed by atoms with Crippen molar-refractivity contribution < 1.29 is 9.53 Å². The molecular weight excluding hydrogens is 318 g/mol. The Morgan fingerprint density at radius 2 is 2.30 bits per heavy atom. The van der Waals surface area contributed by atoms with E-state index in [4.69, 9.17) is 4.74 Å². The zero-order chi connectivity index (χ0) is 14.3. The highest BCUT2D eigenvalue weighted by Gasteiger charge is 2.52. The highest BCUT2D eigenvalue weighted by molar-refractivity contribution is 9.11. The van der Waals surface area contributed by atoms with Crippen molar-refractivity contribution in [3.63, 3.8) is 0 Å². The minimum absolute atomic E-state index is 0.00692. The Kier molecular flexibility index (Phi) is 4.23. The minimum Gasteiger partial charge on any atom is -0.466 e.